The van der Waals surface area contributed by atoms with Gasteiger partial charge >= 0.3 is 6.09 Å². The maximum absolute atomic E-state index is 12.3. The molecule has 0 atom stereocenters. The molecule has 2 amide bonds. The molecule has 1 N–H and O–H groups in total. The van der Waals surface area contributed by atoms with Crippen molar-refractivity contribution in [1.29, 1.82) is 0 Å². The standard InChI is InChI=1S/C22H28N4O5/c1-16-13-18(7-10-20(16)26(29)30)15-31-22(28)25(4)19-8-5-17(6-9-19)14-21(27)23-11-12-24(2)3/h5-10,13H,11-12,14-15H2,1-4H3,(H,23,27). The Hall–Kier alpha value is -3.46. The average Bonchev–Trinajstić information content (AvgIpc) is 2.71. The van der Waals surface area contributed by atoms with E-state index in [9.17, 15) is 19.7 Å². The molecule has 0 bridgehead atoms. The Kier molecular flexibility index (Phi) is 8.51. The van der Waals surface area contributed by atoms with E-state index in [4.69, 9.17) is 4.74 Å². The Morgan fingerprint density at radius 2 is 1.71 bits per heavy atom. The molecule has 2 aromatic carbocycles. The van der Waals surface area contributed by atoms with E-state index in [0.29, 0.717) is 23.4 Å². The molecule has 0 radical (unpaired) electrons. The number of rotatable bonds is 9. The van der Waals surface area contributed by atoms with Crippen molar-refractivity contribution in [2.75, 3.05) is 39.1 Å². The highest BCUT2D eigenvalue weighted by Gasteiger charge is 2.15. The zero-order chi connectivity index (χ0) is 23.0. The van der Waals surface area contributed by atoms with Crippen LogP contribution in [-0.2, 0) is 22.6 Å². The van der Waals surface area contributed by atoms with Crippen LogP contribution in [-0.4, -0.2) is 56.1 Å². The number of carbonyl (C=O) groups is 2. The third-order valence-electron chi connectivity index (χ3n) is 4.66. The Balaban J connectivity index is 1.87. The smallest absolute Gasteiger partial charge is 0.414 e. The molecule has 0 fully saturated rings. The third kappa shape index (κ3) is 7.38. The molecule has 0 aliphatic rings. The number of nitrogens with one attached hydrogen (secondary N) is 1. The fraction of sp³-hybridized carbons (Fsp3) is 0.364. The summed E-state index contributed by atoms with van der Waals surface area (Å²) >= 11 is 0. The van der Waals surface area contributed by atoms with Gasteiger partial charge in [0.1, 0.15) is 6.61 Å². The van der Waals surface area contributed by atoms with Crippen LogP contribution in [0.2, 0.25) is 0 Å². The van der Waals surface area contributed by atoms with Gasteiger partial charge in [0.05, 0.1) is 11.3 Å². The molecule has 0 saturated carbocycles. The zero-order valence-electron chi connectivity index (χ0n) is 18.3. The number of amides is 2. The number of carbonyl (C=O) groups excluding carboxylic acids is 2. The topological polar surface area (TPSA) is 105 Å². The van der Waals surface area contributed by atoms with Crippen molar-refractivity contribution < 1.29 is 19.2 Å². The van der Waals surface area contributed by atoms with Gasteiger partial charge in [0, 0.05) is 37.5 Å². The van der Waals surface area contributed by atoms with E-state index in [1.54, 1.807) is 50.4 Å². The Morgan fingerprint density at radius 3 is 2.29 bits per heavy atom. The van der Waals surface area contributed by atoms with Crippen LogP contribution in [0, 0.1) is 17.0 Å². The second kappa shape index (κ2) is 11.1. The number of likely N-dealkylation sites (N-methyl/N-ethyl adjacent to an activating group) is 1. The predicted molar refractivity (Wildman–Crippen MR) is 118 cm³/mol. The molecule has 0 aliphatic heterocycles. The Labute approximate surface area is 181 Å². The van der Waals surface area contributed by atoms with Crippen LogP contribution in [0.4, 0.5) is 16.2 Å². The molecule has 2 rings (SSSR count). The first-order valence-electron chi connectivity index (χ1n) is 9.82. The van der Waals surface area contributed by atoms with Gasteiger partial charge in [-0.05, 0) is 56.4 Å². The molecular formula is C22H28N4O5. The van der Waals surface area contributed by atoms with Crippen molar-refractivity contribution in [3.63, 3.8) is 0 Å². The zero-order valence-corrected chi connectivity index (χ0v) is 18.3. The number of nitrogens with zero attached hydrogens (tertiary/aromatic N) is 3. The molecule has 166 valence electrons. The minimum absolute atomic E-state index is 0.00715. The average molecular weight is 428 g/mol. The summed E-state index contributed by atoms with van der Waals surface area (Å²) in [5.41, 5.74) is 2.67. The normalized spacial score (nSPS) is 10.6. The van der Waals surface area contributed by atoms with Crippen LogP contribution < -0.4 is 10.2 Å². The van der Waals surface area contributed by atoms with Crippen LogP contribution >= 0.6 is 0 Å². The van der Waals surface area contributed by atoms with Crippen LogP contribution in [0.1, 0.15) is 16.7 Å². The van der Waals surface area contributed by atoms with E-state index in [2.05, 4.69) is 5.32 Å². The summed E-state index contributed by atoms with van der Waals surface area (Å²) in [5, 5.41) is 13.8. The summed E-state index contributed by atoms with van der Waals surface area (Å²) in [6.45, 7) is 3.01. The number of benzene rings is 2. The fourth-order valence-corrected chi connectivity index (χ4v) is 2.86. The summed E-state index contributed by atoms with van der Waals surface area (Å²) in [7, 11) is 5.48. The predicted octanol–water partition coefficient (Wildman–Crippen LogP) is 2.90. The highest BCUT2D eigenvalue weighted by Crippen LogP contribution is 2.20. The number of aryl methyl sites for hydroxylation is 1. The van der Waals surface area contributed by atoms with Crippen molar-refractivity contribution in [1.82, 2.24) is 10.2 Å². The molecule has 31 heavy (non-hydrogen) atoms. The number of hydrogen-bond donors (Lipinski definition) is 1. The number of anilines is 1. The molecule has 9 heteroatoms. The molecular weight excluding hydrogens is 400 g/mol. The summed E-state index contributed by atoms with van der Waals surface area (Å²) in [6.07, 6.45) is -0.286. The molecule has 9 nitrogen and oxygen atoms in total. The quantitative estimate of drug-likeness (QED) is 0.486. The second-order valence-electron chi connectivity index (χ2n) is 7.49. The third-order valence-corrected chi connectivity index (χ3v) is 4.66. The molecule has 2 aromatic rings. The van der Waals surface area contributed by atoms with Crippen LogP contribution in [0.3, 0.4) is 0 Å². The minimum Gasteiger partial charge on any atom is -0.444 e. The van der Waals surface area contributed by atoms with Crippen molar-refractivity contribution in [3.8, 4) is 0 Å². The molecule has 0 heterocycles. The van der Waals surface area contributed by atoms with Gasteiger partial charge in [-0.1, -0.05) is 12.1 Å². The first kappa shape index (κ1) is 23.8. The van der Waals surface area contributed by atoms with Crippen molar-refractivity contribution in [2.24, 2.45) is 0 Å². The van der Waals surface area contributed by atoms with Gasteiger partial charge in [0.15, 0.2) is 0 Å². The monoisotopic (exact) mass is 428 g/mol. The largest absolute Gasteiger partial charge is 0.444 e. The summed E-state index contributed by atoms with van der Waals surface area (Å²) in [6, 6.07) is 11.7. The maximum atomic E-state index is 12.3. The summed E-state index contributed by atoms with van der Waals surface area (Å²) in [5.74, 6) is -0.0549. The van der Waals surface area contributed by atoms with E-state index in [-0.39, 0.29) is 24.6 Å². The Morgan fingerprint density at radius 1 is 1.06 bits per heavy atom. The maximum Gasteiger partial charge on any atom is 0.414 e. The van der Waals surface area contributed by atoms with E-state index in [1.807, 2.05) is 19.0 Å². The van der Waals surface area contributed by atoms with Crippen molar-refractivity contribution in [3.05, 3.63) is 69.3 Å². The van der Waals surface area contributed by atoms with Gasteiger partial charge in [0.2, 0.25) is 5.91 Å². The van der Waals surface area contributed by atoms with E-state index in [1.165, 1.54) is 11.0 Å². The lowest BCUT2D eigenvalue weighted by atomic mass is 10.1. The minimum atomic E-state index is -0.551. The van der Waals surface area contributed by atoms with Crippen molar-refractivity contribution in [2.45, 2.75) is 20.0 Å². The van der Waals surface area contributed by atoms with Crippen molar-refractivity contribution >= 4 is 23.4 Å². The van der Waals surface area contributed by atoms with Gasteiger partial charge in [-0.15, -0.1) is 0 Å². The number of nitro groups is 1. The van der Waals surface area contributed by atoms with Gasteiger partial charge in [-0.3, -0.25) is 19.8 Å². The molecule has 0 aliphatic carbocycles. The number of hydrogen-bond acceptors (Lipinski definition) is 6. The summed E-state index contributed by atoms with van der Waals surface area (Å²) in [4.78, 5) is 38.1. The Bertz CT molecular complexity index is 928. The molecule has 0 aromatic heterocycles. The van der Waals surface area contributed by atoms with Crippen LogP contribution in [0.15, 0.2) is 42.5 Å². The van der Waals surface area contributed by atoms with Crippen LogP contribution in [0.5, 0.6) is 0 Å². The van der Waals surface area contributed by atoms with E-state index in [0.717, 1.165) is 12.1 Å². The van der Waals surface area contributed by atoms with Gasteiger partial charge in [0.25, 0.3) is 5.69 Å². The molecule has 0 saturated heterocycles. The molecule has 0 unspecified atom stereocenters. The first-order valence-corrected chi connectivity index (χ1v) is 9.82. The van der Waals surface area contributed by atoms with E-state index >= 15 is 0 Å². The lowest BCUT2D eigenvalue weighted by Gasteiger charge is -2.17. The van der Waals surface area contributed by atoms with Crippen LogP contribution in [0.25, 0.3) is 0 Å². The van der Waals surface area contributed by atoms with Gasteiger partial charge in [-0.25, -0.2) is 4.79 Å². The van der Waals surface area contributed by atoms with E-state index < -0.39 is 11.0 Å². The lowest BCUT2D eigenvalue weighted by Crippen LogP contribution is -2.32. The number of ether oxygens (including phenoxy) is 1. The highest BCUT2D eigenvalue weighted by atomic mass is 16.6. The fourth-order valence-electron chi connectivity index (χ4n) is 2.86. The second-order valence-corrected chi connectivity index (χ2v) is 7.49. The number of nitro benzene ring substituents is 1. The SMILES string of the molecule is Cc1cc(COC(=O)N(C)c2ccc(CC(=O)NCCN(C)C)cc2)ccc1[N+](=O)[O-]. The highest BCUT2D eigenvalue weighted by molar-refractivity contribution is 5.87. The first-order chi connectivity index (χ1) is 14.7. The molecule has 0 spiro atoms. The van der Waals surface area contributed by atoms with Gasteiger partial charge < -0.3 is 15.0 Å². The van der Waals surface area contributed by atoms with Gasteiger partial charge in [-0.2, -0.15) is 0 Å². The summed E-state index contributed by atoms with van der Waals surface area (Å²) < 4.78 is 5.31. The lowest BCUT2D eigenvalue weighted by molar-refractivity contribution is -0.385.